The van der Waals surface area contributed by atoms with Crippen molar-refractivity contribution in [1.82, 2.24) is 10.3 Å². The number of aryl methyl sites for hydroxylation is 1. The molecule has 4 rings (SSSR count). The number of rotatable bonds is 4. The van der Waals surface area contributed by atoms with Crippen LogP contribution in [0.5, 0.6) is 5.75 Å². The molecule has 7 heteroatoms. The number of nitrogens with one attached hydrogen (secondary N) is 2. The lowest BCUT2D eigenvalue weighted by Crippen LogP contribution is -2.44. The molecule has 1 fully saturated rings. The summed E-state index contributed by atoms with van der Waals surface area (Å²) in [7, 11) is 1.65. The molecule has 1 aliphatic heterocycles. The third-order valence-electron chi connectivity index (χ3n) is 4.80. The van der Waals surface area contributed by atoms with Crippen molar-refractivity contribution < 1.29 is 9.53 Å². The lowest BCUT2D eigenvalue weighted by molar-refractivity contribution is 0.103. The van der Waals surface area contributed by atoms with Crippen molar-refractivity contribution >= 4 is 38.8 Å². The van der Waals surface area contributed by atoms with Gasteiger partial charge in [-0.1, -0.05) is 0 Å². The highest BCUT2D eigenvalue weighted by Crippen LogP contribution is 2.34. The van der Waals surface area contributed by atoms with E-state index in [0.29, 0.717) is 4.88 Å². The Labute approximate surface area is 162 Å². The van der Waals surface area contributed by atoms with Crippen molar-refractivity contribution in [2.24, 2.45) is 0 Å². The van der Waals surface area contributed by atoms with Gasteiger partial charge in [0.25, 0.3) is 5.91 Å². The maximum atomic E-state index is 13.0. The number of hydrogen-bond acceptors (Lipinski definition) is 6. The highest BCUT2D eigenvalue weighted by Gasteiger charge is 2.20. The van der Waals surface area contributed by atoms with Gasteiger partial charge in [-0.25, -0.2) is 4.98 Å². The van der Waals surface area contributed by atoms with Gasteiger partial charge in [-0.15, -0.1) is 11.3 Å². The first-order valence-electron chi connectivity index (χ1n) is 8.96. The number of methoxy groups -OCH3 is 1. The van der Waals surface area contributed by atoms with Gasteiger partial charge in [0.15, 0.2) is 5.82 Å². The number of ether oxygens (including phenoxy) is 1. The zero-order chi connectivity index (χ0) is 18.8. The molecule has 0 bridgehead atoms. The van der Waals surface area contributed by atoms with Gasteiger partial charge in [-0.2, -0.15) is 0 Å². The zero-order valence-electron chi connectivity index (χ0n) is 15.4. The fourth-order valence-electron chi connectivity index (χ4n) is 3.35. The molecule has 1 aliphatic rings. The van der Waals surface area contributed by atoms with Crippen LogP contribution in [0, 0.1) is 6.92 Å². The molecule has 0 saturated carbocycles. The summed E-state index contributed by atoms with van der Waals surface area (Å²) in [6.45, 7) is 5.57. The Hall–Kier alpha value is -2.64. The van der Waals surface area contributed by atoms with Gasteiger partial charge >= 0.3 is 0 Å². The molecular weight excluding hydrogens is 360 g/mol. The largest absolute Gasteiger partial charge is 0.497 e. The van der Waals surface area contributed by atoms with Crippen molar-refractivity contribution in [2.75, 3.05) is 43.5 Å². The van der Waals surface area contributed by atoms with Crippen molar-refractivity contribution in [3.05, 3.63) is 47.0 Å². The molecule has 0 aliphatic carbocycles. The van der Waals surface area contributed by atoms with Gasteiger partial charge in [-0.3, -0.25) is 4.79 Å². The average Bonchev–Trinajstić information content (AvgIpc) is 3.05. The number of hydrogen-bond donors (Lipinski definition) is 2. The van der Waals surface area contributed by atoms with Gasteiger partial charge in [0.05, 0.1) is 17.7 Å². The minimum atomic E-state index is -0.1000. The van der Waals surface area contributed by atoms with Crippen LogP contribution in [-0.2, 0) is 0 Å². The summed E-state index contributed by atoms with van der Waals surface area (Å²) in [4.78, 5) is 20.4. The number of thiophene rings is 1. The fraction of sp³-hybridized carbons (Fsp3) is 0.300. The number of benzene rings is 1. The Kier molecular flexibility index (Phi) is 4.96. The van der Waals surface area contributed by atoms with E-state index in [4.69, 9.17) is 4.74 Å². The van der Waals surface area contributed by atoms with Crippen LogP contribution in [0.2, 0.25) is 0 Å². The maximum absolute atomic E-state index is 13.0. The summed E-state index contributed by atoms with van der Waals surface area (Å²) in [5.74, 6) is 1.52. The lowest BCUT2D eigenvalue weighted by Gasteiger charge is -2.29. The second-order valence-electron chi connectivity index (χ2n) is 6.48. The highest BCUT2D eigenvalue weighted by atomic mass is 32.1. The fourth-order valence-corrected chi connectivity index (χ4v) is 4.43. The Morgan fingerprint density at radius 1 is 1.30 bits per heavy atom. The molecule has 3 aromatic rings. The van der Waals surface area contributed by atoms with Crippen molar-refractivity contribution in [1.29, 1.82) is 0 Å². The van der Waals surface area contributed by atoms with E-state index in [1.807, 2.05) is 37.3 Å². The highest BCUT2D eigenvalue weighted by molar-refractivity contribution is 7.21. The Balaban J connectivity index is 1.63. The number of anilines is 2. The van der Waals surface area contributed by atoms with E-state index < -0.39 is 0 Å². The predicted octanol–water partition coefficient (Wildman–Crippen LogP) is 3.28. The van der Waals surface area contributed by atoms with Crippen LogP contribution in [0.1, 0.15) is 15.2 Å². The Morgan fingerprint density at radius 2 is 2.11 bits per heavy atom. The number of nitrogens with zero attached hydrogens (tertiary/aromatic N) is 2. The predicted molar refractivity (Wildman–Crippen MR) is 110 cm³/mol. The molecule has 1 aromatic carbocycles. The maximum Gasteiger partial charge on any atom is 0.266 e. The molecule has 0 unspecified atom stereocenters. The summed E-state index contributed by atoms with van der Waals surface area (Å²) in [6, 6.07) is 9.66. The van der Waals surface area contributed by atoms with Crippen molar-refractivity contribution in [3.63, 3.8) is 0 Å². The molecular formula is C20H22N4O2S. The Morgan fingerprint density at radius 3 is 2.89 bits per heavy atom. The van der Waals surface area contributed by atoms with E-state index in [1.165, 1.54) is 11.3 Å². The van der Waals surface area contributed by atoms with Crippen LogP contribution in [0.25, 0.3) is 10.1 Å². The molecule has 27 heavy (non-hydrogen) atoms. The first-order chi connectivity index (χ1) is 13.2. The molecule has 140 valence electrons. The zero-order valence-corrected chi connectivity index (χ0v) is 16.2. The number of pyridine rings is 1. The van der Waals surface area contributed by atoms with E-state index in [0.717, 1.165) is 59.1 Å². The first-order valence-corrected chi connectivity index (χ1v) is 9.78. The molecule has 0 atom stereocenters. The van der Waals surface area contributed by atoms with E-state index in [9.17, 15) is 4.79 Å². The lowest BCUT2D eigenvalue weighted by atomic mass is 10.1. The number of carbonyl (C=O) groups is 1. The van der Waals surface area contributed by atoms with Gasteiger partial charge in [0.2, 0.25) is 0 Å². The van der Waals surface area contributed by atoms with Gasteiger partial charge < -0.3 is 20.3 Å². The van der Waals surface area contributed by atoms with E-state index in [-0.39, 0.29) is 5.91 Å². The molecule has 1 saturated heterocycles. The summed E-state index contributed by atoms with van der Waals surface area (Å²) >= 11 is 1.50. The number of amides is 1. The van der Waals surface area contributed by atoms with Gasteiger partial charge in [-0.05, 0) is 48.2 Å². The van der Waals surface area contributed by atoms with Gasteiger partial charge in [0, 0.05) is 37.1 Å². The minimum Gasteiger partial charge on any atom is -0.497 e. The monoisotopic (exact) mass is 382 g/mol. The van der Waals surface area contributed by atoms with E-state index >= 15 is 0 Å². The van der Waals surface area contributed by atoms with Crippen LogP contribution < -0.4 is 20.3 Å². The summed E-state index contributed by atoms with van der Waals surface area (Å²) in [6.07, 6.45) is 1.77. The number of carbonyl (C=O) groups excluding carboxylic acids is 1. The van der Waals surface area contributed by atoms with Gasteiger partial charge in [0.1, 0.15) is 5.75 Å². The quantitative estimate of drug-likeness (QED) is 0.725. The van der Waals surface area contributed by atoms with Crippen LogP contribution in [0.15, 0.2) is 36.5 Å². The Bertz CT molecular complexity index is 979. The summed E-state index contributed by atoms with van der Waals surface area (Å²) < 4.78 is 6.39. The molecule has 2 aromatic heterocycles. The molecule has 1 amide bonds. The van der Waals surface area contributed by atoms with E-state index in [2.05, 4.69) is 20.5 Å². The molecule has 2 N–H and O–H groups in total. The first kappa shape index (κ1) is 17.8. The summed E-state index contributed by atoms with van der Waals surface area (Å²) in [5, 5.41) is 7.46. The summed E-state index contributed by atoms with van der Waals surface area (Å²) in [5.41, 5.74) is 1.72. The van der Waals surface area contributed by atoms with Crippen LogP contribution >= 0.6 is 11.3 Å². The second kappa shape index (κ2) is 7.54. The van der Waals surface area contributed by atoms with Crippen LogP contribution in [0.3, 0.4) is 0 Å². The van der Waals surface area contributed by atoms with Crippen LogP contribution in [-0.4, -0.2) is 44.2 Å². The third kappa shape index (κ3) is 3.48. The SMILES string of the molecule is COc1ccc2sc(C(=O)Nc3cccnc3N3CCNCC3)c(C)c2c1. The third-order valence-corrected chi connectivity index (χ3v) is 6.07. The topological polar surface area (TPSA) is 66.5 Å². The smallest absolute Gasteiger partial charge is 0.266 e. The van der Waals surface area contributed by atoms with E-state index in [1.54, 1.807) is 13.3 Å². The van der Waals surface area contributed by atoms with Crippen molar-refractivity contribution in [3.8, 4) is 5.75 Å². The normalized spacial score (nSPS) is 14.4. The number of piperazine rings is 1. The molecule has 0 radical (unpaired) electrons. The van der Waals surface area contributed by atoms with Crippen molar-refractivity contribution in [2.45, 2.75) is 6.92 Å². The second-order valence-corrected chi connectivity index (χ2v) is 7.54. The van der Waals surface area contributed by atoms with Crippen LogP contribution in [0.4, 0.5) is 11.5 Å². The number of aromatic nitrogens is 1. The molecule has 3 heterocycles. The molecule has 6 nitrogen and oxygen atoms in total. The minimum absolute atomic E-state index is 0.1000. The standard InChI is InChI=1S/C20H22N4O2S/c1-13-15-12-14(26-2)5-6-17(15)27-18(13)20(25)23-16-4-3-7-22-19(16)24-10-8-21-9-11-24/h3-7,12,21H,8-11H2,1-2H3,(H,23,25). The number of fused-ring (bicyclic) bond motifs is 1. The average molecular weight is 382 g/mol. The molecule has 0 spiro atoms.